The molecule has 3 aromatic rings. The second kappa shape index (κ2) is 14.7. The average Bonchev–Trinajstić information content (AvgIpc) is 2.90. The number of phenolic OH excluding ortho intramolecular Hbond substituents is 2. The summed E-state index contributed by atoms with van der Waals surface area (Å²) in [4.78, 5) is 4.95. The van der Waals surface area contributed by atoms with E-state index in [4.69, 9.17) is 0 Å². The number of hydrogen-bond donors (Lipinski definition) is 4. The van der Waals surface area contributed by atoms with Gasteiger partial charge in [0, 0.05) is 37.8 Å². The molecule has 3 unspecified atom stereocenters. The van der Waals surface area contributed by atoms with Gasteiger partial charge in [-0.25, -0.2) is 0 Å². The lowest BCUT2D eigenvalue weighted by atomic mass is 10.00. The standard InChI is InChI=1S/C31H44N4O2/c1-32-21-28(19-24-8-6-5-7-9-24)35(4)23-29(20-26-12-16-31(37)17-13-26)34(3)22-27(33-2)18-25-10-14-30(36)15-11-25/h5-17,27-29,32-33,36-37H,18-23H2,1-4H3. The number of likely N-dealkylation sites (N-methyl/N-ethyl adjacent to an activating group) is 4. The molecule has 0 aliphatic rings. The van der Waals surface area contributed by atoms with Crippen LogP contribution in [0.3, 0.4) is 0 Å². The monoisotopic (exact) mass is 504 g/mol. The highest BCUT2D eigenvalue weighted by Gasteiger charge is 2.24. The van der Waals surface area contributed by atoms with Gasteiger partial charge in [-0.1, -0.05) is 54.6 Å². The van der Waals surface area contributed by atoms with Crippen LogP contribution in [-0.2, 0) is 19.3 Å². The maximum Gasteiger partial charge on any atom is 0.115 e. The summed E-state index contributed by atoms with van der Waals surface area (Å²) in [5, 5.41) is 26.3. The summed E-state index contributed by atoms with van der Waals surface area (Å²) >= 11 is 0. The van der Waals surface area contributed by atoms with E-state index in [1.54, 1.807) is 24.3 Å². The normalized spacial score (nSPS) is 14.1. The predicted molar refractivity (Wildman–Crippen MR) is 153 cm³/mol. The fourth-order valence-corrected chi connectivity index (χ4v) is 4.92. The molecule has 3 aromatic carbocycles. The summed E-state index contributed by atoms with van der Waals surface area (Å²) in [7, 11) is 8.48. The lowest BCUT2D eigenvalue weighted by molar-refractivity contribution is 0.139. The van der Waals surface area contributed by atoms with Gasteiger partial charge in [-0.2, -0.15) is 0 Å². The number of nitrogens with one attached hydrogen (secondary N) is 2. The first-order chi connectivity index (χ1) is 17.9. The molecule has 0 aliphatic carbocycles. The van der Waals surface area contributed by atoms with Gasteiger partial charge in [-0.15, -0.1) is 0 Å². The number of benzene rings is 3. The molecule has 0 amide bonds. The summed E-state index contributed by atoms with van der Waals surface area (Å²) in [5.41, 5.74) is 3.77. The molecule has 0 aromatic heterocycles. The van der Waals surface area contributed by atoms with E-state index in [0.717, 1.165) is 38.9 Å². The molecule has 0 aliphatic heterocycles. The molecule has 0 bridgehead atoms. The van der Waals surface area contributed by atoms with Crippen LogP contribution in [0.1, 0.15) is 16.7 Å². The molecule has 0 saturated heterocycles. The smallest absolute Gasteiger partial charge is 0.115 e. The first-order valence-corrected chi connectivity index (χ1v) is 13.2. The zero-order valence-corrected chi connectivity index (χ0v) is 22.8. The lowest BCUT2D eigenvalue weighted by Gasteiger charge is -2.37. The van der Waals surface area contributed by atoms with Crippen molar-refractivity contribution in [2.75, 3.05) is 47.8 Å². The zero-order chi connectivity index (χ0) is 26.6. The highest BCUT2D eigenvalue weighted by Crippen LogP contribution is 2.17. The molecule has 6 heteroatoms. The third-order valence-electron chi connectivity index (χ3n) is 7.24. The molecule has 6 nitrogen and oxygen atoms in total. The van der Waals surface area contributed by atoms with Gasteiger partial charge in [0.15, 0.2) is 0 Å². The Morgan fingerprint density at radius 2 is 1.11 bits per heavy atom. The first kappa shape index (κ1) is 28.7. The van der Waals surface area contributed by atoms with Crippen molar-refractivity contribution in [3.63, 3.8) is 0 Å². The number of rotatable bonds is 15. The molecule has 200 valence electrons. The summed E-state index contributed by atoms with van der Waals surface area (Å²) in [6.45, 7) is 2.73. The molecule has 0 fully saturated rings. The molecule has 0 spiro atoms. The van der Waals surface area contributed by atoms with Crippen molar-refractivity contribution in [1.82, 2.24) is 20.4 Å². The Hall–Kier alpha value is -2.90. The summed E-state index contributed by atoms with van der Waals surface area (Å²) in [6.07, 6.45) is 2.78. The van der Waals surface area contributed by atoms with Gasteiger partial charge >= 0.3 is 0 Å². The van der Waals surface area contributed by atoms with Crippen LogP contribution in [0.5, 0.6) is 11.5 Å². The Kier molecular flexibility index (Phi) is 11.4. The maximum absolute atomic E-state index is 9.78. The minimum Gasteiger partial charge on any atom is -0.508 e. The summed E-state index contributed by atoms with van der Waals surface area (Å²) < 4.78 is 0. The zero-order valence-electron chi connectivity index (χ0n) is 22.8. The van der Waals surface area contributed by atoms with Gasteiger partial charge in [0.2, 0.25) is 0 Å². The van der Waals surface area contributed by atoms with Gasteiger partial charge in [0.1, 0.15) is 11.5 Å². The number of phenols is 2. The molecule has 0 heterocycles. The van der Waals surface area contributed by atoms with E-state index in [9.17, 15) is 10.2 Å². The van der Waals surface area contributed by atoms with E-state index in [0.29, 0.717) is 23.6 Å². The lowest BCUT2D eigenvalue weighted by Crippen LogP contribution is -2.51. The Bertz CT molecular complexity index is 1030. The van der Waals surface area contributed by atoms with E-state index < -0.39 is 0 Å². The van der Waals surface area contributed by atoms with Gasteiger partial charge in [0.05, 0.1) is 0 Å². The van der Waals surface area contributed by atoms with E-state index >= 15 is 0 Å². The second-order valence-electron chi connectivity index (χ2n) is 10.2. The molecule has 0 radical (unpaired) electrons. The number of nitrogens with zero attached hydrogens (tertiary/aromatic N) is 2. The Morgan fingerprint density at radius 3 is 1.65 bits per heavy atom. The molecular weight excluding hydrogens is 460 g/mol. The Morgan fingerprint density at radius 1 is 0.622 bits per heavy atom. The van der Waals surface area contributed by atoms with Crippen LogP contribution in [-0.4, -0.2) is 86.0 Å². The molecule has 3 rings (SSSR count). The van der Waals surface area contributed by atoms with Crippen molar-refractivity contribution in [2.24, 2.45) is 0 Å². The van der Waals surface area contributed by atoms with Crippen LogP contribution >= 0.6 is 0 Å². The van der Waals surface area contributed by atoms with E-state index in [2.05, 4.69) is 64.9 Å². The van der Waals surface area contributed by atoms with E-state index in [1.807, 2.05) is 38.4 Å². The highest BCUT2D eigenvalue weighted by molar-refractivity contribution is 5.27. The average molecular weight is 505 g/mol. The third-order valence-corrected chi connectivity index (χ3v) is 7.24. The summed E-state index contributed by atoms with van der Waals surface area (Å²) in [5.74, 6) is 0.595. The fraction of sp³-hybridized carbons (Fsp3) is 0.419. The van der Waals surface area contributed by atoms with Crippen molar-refractivity contribution >= 4 is 0 Å². The first-order valence-electron chi connectivity index (χ1n) is 13.2. The molecule has 4 N–H and O–H groups in total. The van der Waals surface area contributed by atoms with Crippen LogP contribution in [0.25, 0.3) is 0 Å². The van der Waals surface area contributed by atoms with Crippen LogP contribution in [0.15, 0.2) is 78.9 Å². The van der Waals surface area contributed by atoms with Crippen molar-refractivity contribution in [1.29, 1.82) is 0 Å². The van der Waals surface area contributed by atoms with Crippen LogP contribution in [0, 0.1) is 0 Å². The highest BCUT2D eigenvalue weighted by atomic mass is 16.3. The van der Waals surface area contributed by atoms with Crippen LogP contribution in [0.4, 0.5) is 0 Å². The van der Waals surface area contributed by atoms with Crippen molar-refractivity contribution in [3.8, 4) is 11.5 Å². The maximum atomic E-state index is 9.78. The molecule has 0 saturated carbocycles. The molecule has 37 heavy (non-hydrogen) atoms. The predicted octanol–water partition coefficient (Wildman–Crippen LogP) is 3.53. The van der Waals surface area contributed by atoms with Gasteiger partial charge in [0.25, 0.3) is 0 Å². The van der Waals surface area contributed by atoms with Crippen LogP contribution < -0.4 is 10.6 Å². The summed E-state index contributed by atoms with van der Waals surface area (Å²) in [6, 6.07) is 26.7. The topological polar surface area (TPSA) is 71.0 Å². The van der Waals surface area contributed by atoms with E-state index in [1.165, 1.54) is 16.7 Å². The van der Waals surface area contributed by atoms with Gasteiger partial charge < -0.3 is 30.6 Å². The SMILES string of the molecule is CNCC(Cc1ccccc1)N(C)CC(Cc1ccc(O)cc1)N(C)CC(Cc1ccc(O)cc1)NC. The minimum atomic E-state index is 0.277. The third kappa shape index (κ3) is 9.48. The minimum absolute atomic E-state index is 0.277. The van der Waals surface area contributed by atoms with Crippen molar-refractivity contribution in [3.05, 3.63) is 95.6 Å². The largest absolute Gasteiger partial charge is 0.508 e. The number of hydrogen-bond acceptors (Lipinski definition) is 6. The fourth-order valence-electron chi connectivity index (χ4n) is 4.92. The van der Waals surface area contributed by atoms with Crippen molar-refractivity contribution in [2.45, 2.75) is 37.4 Å². The van der Waals surface area contributed by atoms with E-state index in [-0.39, 0.29) is 6.04 Å². The number of aromatic hydroxyl groups is 2. The second-order valence-corrected chi connectivity index (χ2v) is 10.2. The Labute approximate surface area is 222 Å². The van der Waals surface area contributed by atoms with Crippen molar-refractivity contribution < 1.29 is 10.2 Å². The quantitative estimate of drug-likeness (QED) is 0.254. The molecule has 3 atom stereocenters. The Balaban J connectivity index is 1.74. The van der Waals surface area contributed by atoms with Gasteiger partial charge in [-0.05, 0) is 88.4 Å². The van der Waals surface area contributed by atoms with Gasteiger partial charge in [-0.3, -0.25) is 0 Å². The van der Waals surface area contributed by atoms with Crippen LogP contribution in [0.2, 0.25) is 0 Å². The molecular formula is C31H44N4O2.